The molecular formula is C22H24N4O3S. The van der Waals surface area contributed by atoms with Crippen LogP contribution in [-0.4, -0.2) is 33.5 Å². The first kappa shape index (κ1) is 20.4. The average molecular weight is 425 g/mol. The van der Waals surface area contributed by atoms with Gasteiger partial charge in [0.1, 0.15) is 6.33 Å². The van der Waals surface area contributed by atoms with Crippen LogP contribution >= 0.6 is 11.8 Å². The van der Waals surface area contributed by atoms with Gasteiger partial charge in [-0.2, -0.15) is 9.78 Å². The van der Waals surface area contributed by atoms with Crippen molar-refractivity contribution in [2.75, 3.05) is 13.2 Å². The Morgan fingerprint density at radius 1 is 1.17 bits per heavy atom. The number of carbonyl (C=O) groups is 1. The van der Waals surface area contributed by atoms with Gasteiger partial charge in [-0.15, -0.1) is 0 Å². The van der Waals surface area contributed by atoms with E-state index in [0.717, 1.165) is 21.0 Å². The lowest BCUT2D eigenvalue weighted by molar-refractivity contribution is -0.127. The van der Waals surface area contributed by atoms with Crippen molar-refractivity contribution in [1.29, 1.82) is 0 Å². The monoisotopic (exact) mass is 424 g/mol. The molecule has 0 saturated carbocycles. The summed E-state index contributed by atoms with van der Waals surface area (Å²) in [4.78, 5) is 26.6. The lowest BCUT2D eigenvalue weighted by Gasteiger charge is -2.34. The van der Waals surface area contributed by atoms with Crippen molar-refractivity contribution in [3.05, 3.63) is 70.9 Å². The second-order valence-corrected chi connectivity index (χ2v) is 8.44. The van der Waals surface area contributed by atoms with E-state index in [9.17, 15) is 9.59 Å². The molecule has 1 aliphatic heterocycles. The van der Waals surface area contributed by atoms with Gasteiger partial charge in [0, 0.05) is 29.5 Å². The Morgan fingerprint density at radius 2 is 1.90 bits per heavy atom. The van der Waals surface area contributed by atoms with E-state index < -0.39 is 5.41 Å². The molecule has 1 saturated heterocycles. The average Bonchev–Trinajstić information content (AvgIpc) is 3.15. The molecule has 0 aliphatic carbocycles. The molecule has 0 spiro atoms. The predicted molar refractivity (Wildman–Crippen MR) is 115 cm³/mol. The van der Waals surface area contributed by atoms with Crippen molar-refractivity contribution in [2.24, 2.45) is 5.73 Å². The van der Waals surface area contributed by atoms with Gasteiger partial charge in [0.15, 0.2) is 0 Å². The third kappa shape index (κ3) is 3.80. The van der Waals surface area contributed by atoms with Gasteiger partial charge in [0.25, 0.3) is 0 Å². The molecule has 0 radical (unpaired) electrons. The highest BCUT2D eigenvalue weighted by atomic mass is 32.2. The molecule has 8 heteroatoms. The van der Waals surface area contributed by atoms with E-state index in [-0.39, 0.29) is 11.6 Å². The van der Waals surface area contributed by atoms with Gasteiger partial charge in [-0.05, 0) is 61.7 Å². The summed E-state index contributed by atoms with van der Waals surface area (Å²) in [6.45, 7) is 3.57. The Labute approximate surface area is 178 Å². The minimum absolute atomic E-state index is 0.154. The zero-order chi connectivity index (χ0) is 21.1. The number of carbonyl (C=O) groups excluding carboxylic acids is 1. The normalized spacial score (nSPS) is 15.8. The Hall–Kier alpha value is -2.84. The Bertz CT molecular complexity index is 1100. The number of nitrogens with two attached hydrogens (primary N) is 1. The molecule has 1 fully saturated rings. The maximum atomic E-state index is 12.3. The molecule has 2 aromatic carbocycles. The lowest BCUT2D eigenvalue weighted by atomic mass is 9.73. The van der Waals surface area contributed by atoms with Crippen LogP contribution in [-0.2, 0) is 21.5 Å². The molecule has 1 amide bonds. The summed E-state index contributed by atoms with van der Waals surface area (Å²) in [7, 11) is 0. The molecule has 7 nitrogen and oxygen atoms in total. The van der Waals surface area contributed by atoms with Gasteiger partial charge in [-0.25, -0.2) is 4.79 Å². The van der Waals surface area contributed by atoms with Crippen LogP contribution in [0.3, 0.4) is 0 Å². The van der Waals surface area contributed by atoms with E-state index in [1.165, 1.54) is 4.68 Å². The molecule has 2 N–H and O–H groups in total. The minimum Gasteiger partial charge on any atom is -0.381 e. The van der Waals surface area contributed by atoms with E-state index >= 15 is 0 Å². The Balaban J connectivity index is 1.56. The van der Waals surface area contributed by atoms with Crippen LogP contribution in [0.5, 0.6) is 0 Å². The second kappa shape index (κ2) is 8.49. The van der Waals surface area contributed by atoms with Crippen LogP contribution in [0.1, 0.15) is 25.3 Å². The van der Waals surface area contributed by atoms with Crippen LogP contribution < -0.4 is 11.4 Å². The SMILES string of the molecule is CCn1cnn(-c2ccc(Sc3cccc(C4(C(N)=O)CCOCC4)c3)cc2)c1=O. The van der Waals surface area contributed by atoms with Crippen molar-refractivity contribution in [2.45, 2.75) is 41.5 Å². The molecular weight excluding hydrogens is 400 g/mol. The molecule has 0 unspecified atom stereocenters. The Kier molecular flexibility index (Phi) is 5.78. The summed E-state index contributed by atoms with van der Waals surface area (Å²) < 4.78 is 8.39. The van der Waals surface area contributed by atoms with E-state index in [1.807, 2.05) is 55.5 Å². The van der Waals surface area contributed by atoms with E-state index in [4.69, 9.17) is 10.5 Å². The maximum absolute atomic E-state index is 12.3. The maximum Gasteiger partial charge on any atom is 0.350 e. The highest BCUT2D eigenvalue weighted by Gasteiger charge is 2.40. The molecule has 2 heterocycles. The van der Waals surface area contributed by atoms with Crippen molar-refractivity contribution in [1.82, 2.24) is 14.3 Å². The van der Waals surface area contributed by atoms with Crippen molar-refractivity contribution >= 4 is 17.7 Å². The quantitative estimate of drug-likeness (QED) is 0.657. The van der Waals surface area contributed by atoms with Crippen LogP contribution in [0.15, 0.2) is 69.4 Å². The number of rotatable bonds is 6. The molecule has 0 bridgehead atoms. The predicted octanol–water partition coefficient (Wildman–Crippen LogP) is 2.74. The van der Waals surface area contributed by atoms with Gasteiger partial charge in [0.2, 0.25) is 5.91 Å². The third-order valence-electron chi connectivity index (χ3n) is 5.60. The summed E-state index contributed by atoms with van der Waals surface area (Å²) in [5, 5.41) is 4.16. The lowest BCUT2D eigenvalue weighted by Crippen LogP contribution is -2.45. The number of primary amides is 1. The fourth-order valence-electron chi connectivity index (χ4n) is 3.77. The van der Waals surface area contributed by atoms with Gasteiger partial charge in [0.05, 0.1) is 11.1 Å². The molecule has 1 aliphatic rings. The van der Waals surface area contributed by atoms with E-state index in [0.29, 0.717) is 32.6 Å². The second-order valence-electron chi connectivity index (χ2n) is 7.29. The third-order valence-corrected chi connectivity index (χ3v) is 6.59. The summed E-state index contributed by atoms with van der Waals surface area (Å²) in [5.41, 5.74) is 6.64. The number of benzene rings is 2. The fraction of sp³-hybridized carbons (Fsp3) is 0.318. The number of aryl methyl sites for hydroxylation is 1. The zero-order valence-corrected chi connectivity index (χ0v) is 17.6. The van der Waals surface area contributed by atoms with Crippen molar-refractivity contribution in [3.8, 4) is 5.69 Å². The highest BCUT2D eigenvalue weighted by molar-refractivity contribution is 7.99. The number of hydrogen-bond donors (Lipinski definition) is 1. The fourth-order valence-corrected chi connectivity index (χ4v) is 4.65. The molecule has 30 heavy (non-hydrogen) atoms. The highest BCUT2D eigenvalue weighted by Crippen LogP contribution is 2.37. The largest absolute Gasteiger partial charge is 0.381 e. The van der Waals surface area contributed by atoms with Gasteiger partial charge in [-0.3, -0.25) is 9.36 Å². The summed E-state index contributed by atoms with van der Waals surface area (Å²) in [6, 6.07) is 15.7. The van der Waals surface area contributed by atoms with Crippen LogP contribution in [0.2, 0.25) is 0 Å². The van der Waals surface area contributed by atoms with Gasteiger partial charge >= 0.3 is 5.69 Å². The standard InChI is InChI=1S/C22H24N4O3S/c1-2-25-15-24-26(21(25)28)17-6-8-18(9-7-17)30-19-5-3-4-16(14-19)22(20(23)27)10-12-29-13-11-22/h3-9,14-15H,2,10-13H2,1H3,(H2,23,27). The number of nitrogens with zero attached hydrogens (tertiary/aromatic N) is 3. The van der Waals surface area contributed by atoms with Crippen LogP contribution in [0, 0.1) is 0 Å². The molecule has 3 aromatic rings. The first-order chi connectivity index (χ1) is 14.5. The van der Waals surface area contributed by atoms with Gasteiger partial charge < -0.3 is 10.5 Å². The number of hydrogen-bond acceptors (Lipinski definition) is 5. The number of ether oxygens (including phenoxy) is 1. The topological polar surface area (TPSA) is 92.1 Å². The molecule has 1 aromatic heterocycles. The molecule has 156 valence electrons. The first-order valence-corrected chi connectivity index (χ1v) is 10.8. The molecule has 4 rings (SSSR count). The summed E-state index contributed by atoms with van der Waals surface area (Å²) in [5.74, 6) is -0.297. The van der Waals surface area contributed by atoms with Crippen molar-refractivity contribution < 1.29 is 9.53 Å². The number of aromatic nitrogens is 3. The number of amides is 1. The van der Waals surface area contributed by atoms with Gasteiger partial charge in [-0.1, -0.05) is 23.9 Å². The van der Waals surface area contributed by atoms with Crippen LogP contribution in [0.25, 0.3) is 5.69 Å². The molecule has 0 atom stereocenters. The van der Waals surface area contributed by atoms with E-state index in [1.54, 1.807) is 22.7 Å². The zero-order valence-electron chi connectivity index (χ0n) is 16.8. The van der Waals surface area contributed by atoms with E-state index in [2.05, 4.69) is 5.10 Å². The summed E-state index contributed by atoms with van der Waals surface area (Å²) in [6.07, 6.45) is 2.75. The minimum atomic E-state index is -0.669. The summed E-state index contributed by atoms with van der Waals surface area (Å²) >= 11 is 1.60. The Morgan fingerprint density at radius 3 is 2.53 bits per heavy atom. The first-order valence-electron chi connectivity index (χ1n) is 9.94. The smallest absolute Gasteiger partial charge is 0.350 e. The van der Waals surface area contributed by atoms with Crippen molar-refractivity contribution in [3.63, 3.8) is 0 Å². The van der Waals surface area contributed by atoms with Crippen LogP contribution in [0.4, 0.5) is 0 Å².